The molecular weight excluding hydrogens is 318 g/mol. The van der Waals surface area contributed by atoms with Crippen molar-refractivity contribution in [1.82, 2.24) is 0 Å². The average Bonchev–Trinajstić information content (AvgIpc) is 2.58. The zero-order chi connectivity index (χ0) is 17.3. The fraction of sp³-hybridized carbons (Fsp3) is 0.312. The molecule has 8 nitrogen and oxygen atoms in total. The van der Waals surface area contributed by atoms with Crippen LogP contribution in [0.3, 0.4) is 0 Å². The van der Waals surface area contributed by atoms with E-state index in [-0.39, 0.29) is 0 Å². The quantitative estimate of drug-likeness (QED) is 0.497. The SMILES string of the molecule is O=C(O)[C@H]1O[C@@H](ONc2ccc3ccccc3c2)[C@H](O)[C@@H](O)[C@@H]1O. The molecule has 0 radical (unpaired) electrons. The first-order valence-electron chi connectivity index (χ1n) is 7.30. The van der Waals surface area contributed by atoms with Crippen molar-refractivity contribution in [3.05, 3.63) is 42.5 Å². The molecule has 0 bridgehead atoms. The minimum atomic E-state index is -1.75. The molecule has 24 heavy (non-hydrogen) atoms. The number of ether oxygens (including phenoxy) is 1. The highest BCUT2D eigenvalue weighted by Gasteiger charge is 2.47. The Hall–Kier alpha value is -2.23. The Morgan fingerprint density at radius 2 is 1.71 bits per heavy atom. The zero-order valence-electron chi connectivity index (χ0n) is 12.4. The van der Waals surface area contributed by atoms with Gasteiger partial charge < -0.3 is 25.2 Å². The van der Waals surface area contributed by atoms with Crippen LogP contribution in [-0.4, -0.2) is 57.1 Å². The Balaban J connectivity index is 1.71. The fourth-order valence-electron chi connectivity index (χ4n) is 2.53. The molecule has 1 heterocycles. The summed E-state index contributed by atoms with van der Waals surface area (Å²) in [7, 11) is 0. The maximum atomic E-state index is 11.0. The lowest BCUT2D eigenvalue weighted by Gasteiger charge is -2.38. The number of aliphatic hydroxyl groups is 3. The molecule has 128 valence electrons. The third-order valence-electron chi connectivity index (χ3n) is 3.86. The van der Waals surface area contributed by atoms with Crippen LogP contribution < -0.4 is 5.48 Å². The van der Waals surface area contributed by atoms with Gasteiger partial charge in [0.1, 0.15) is 18.3 Å². The summed E-state index contributed by atoms with van der Waals surface area (Å²) < 4.78 is 5.01. The van der Waals surface area contributed by atoms with Crippen molar-refractivity contribution >= 4 is 22.4 Å². The van der Waals surface area contributed by atoms with E-state index in [4.69, 9.17) is 14.7 Å². The summed E-state index contributed by atoms with van der Waals surface area (Å²) >= 11 is 0. The summed E-state index contributed by atoms with van der Waals surface area (Å²) in [4.78, 5) is 16.2. The van der Waals surface area contributed by atoms with Crippen molar-refractivity contribution in [2.45, 2.75) is 30.7 Å². The number of rotatable bonds is 4. The molecule has 1 fully saturated rings. The number of carboxylic acids is 1. The maximum Gasteiger partial charge on any atom is 0.335 e. The number of nitrogens with one attached hydrogen (secondary N) is 1. The summed E-state index contributed by atoms with van der Waals surface area (Å²) in [5.41, 5.74) is 3.11. The van der Waals surface area contributed by atoms with Gasteiger partial charge >= 0.3 is 5.97 Å². The fourth-order valence-corrected chi connectivity index (χ4v) is 2.53. The second-order valence-electron chi connectivity index (χ2n) is 5.52. The van der Waals surface area contributed by atoms with Crippen LogP contribution in [0.15, 0.2) is 42.5 Å². The van der Waals surface area contributed by atoms with Crippen LogP contribution in [0.5, 0.6) is 0 Å². The lowest BCUT2D eigenvalue weighted by Crippen LogP contribution is -2.60. The minimum absolute atomic E-state index is 0.553. The molecule has 0 saturated carbocycles. The smallest absolute Gasteiger partial charge is 0.335 e. The summed E-state index contributed by atoms with van der Waals surface area (Å²) in [6, 6.07) is 13.0. The number of benzene rings is 2. The van der Waals surface area contributed by atoms with E-state index in [2.05, 4.69) is 5.48 Å². The van der Waals surface area contributed by atoms with Crippen LogP contribution >= 0.6 is 0 Å². The van der Waals surface area contributed by atoms with Crippen molar-refractivity contribution in [2.24, 2.45) is 0 Å². The summed E-state index contributed by atoms with van der Waals surface area (Å²) in [5, 5.41) is 40.2. The van der Waals surface area contributed by atoms with Gasteiger partial charge in [-0.3, -0.25) is 5.48 Å². The van der Waals surface area contributed by atoms with Crippen LogP contribution in [-0.2, 0) is 14.4 Å². The molecule has 0 unspecified atom stereocenters. The molecule has 0 amide bonds. The van der Waals surface area contributed by atoms with E-state index in [1.807, 2.05) is 30.3 Å². The Morgan fingerprint density at radius 3 is 2.42 bits per heavy atom. The van der Waals surface area contributed by atoms with Gasteiger partial charge in [-0.05, 0) is 22.9 Å². The van der Waals surface area contributed by atoms with Crippen LogP contribution in [0, 0.1) is 0 Å². The van der Waals surface area contributed by atoms with E-state index in [0.29, 0.717) is 5.69 Å². The molecule has 2 aromatic carbocycles. The second kappa shape index (κ2) is 6.71. The zero-order valence-corrected chi connectivity index (χ0v) is 12.4. The monoisotopic (exact) mass is 335 g/mol. The highest BCUT2D eigenvalue weighted by molar-refractivity contribution is 5.85. The van der Waals surface area contributed by atoms with Crippen molar-refractivity contribution < 1.29 is 34.8 Å². The second-order valence-corrected chi connectivity index (χ2v) is 5.52. The van der Waals surface area contributed by atoms with E-state index in [0.717, 1.165) is 10.8 Å². The molecule has 1 saturated heterocycles. The molecular formula is C16H17NO7. The molecule has 1 aliphatic rings. The maximum absolute atomic E-state index is 11.0. The molecule has 0 spiro atoms. The highest BCUT2D eigenvalue weighted by atomic mass is 16.8. The first-order chi connectivity index (χ1) is 11.5. The molecule has 5 N–H and O–H groups in total. The van der Waals surface area contributed by atoms with Gasteiger partial charge in [-0.15, -0.1) is 0 Å². The van der Waals surface area contributed by atoms with Crippen molar-refractivity contribution in [3.63, 3.8) is 0 Å². The van der Waals surface area contributed by atoms with Gasteiger partial charge in [0, 0.05) is 0 Å². The number of aliphatic carboxylic acids is 1. The Morgan fingerprint density at radius 1 is 1.00 bits per heavy atom. The first-order valence-corrected chi connectivity index (χ1v) is 7.30. The predicted molar refractivity (Wildman–Crippen MR) is 83.0 cm³/mol. The normalized spacial score (nSPS) is 30.2. The molecule has 0 aromatic heterocycles. The first kappa shape index (κ1) is 16.6. The van der Waals surface area contributed by atoms with Crippen molar-refractivity contribution in [1.29, 1.82) is 0 Å². The van der Waals surface area contributed by atoms with Crippen molar-refractivity contribution in [2.75, 3.05) is 5.48 Å². The Bertz CT molecular complexity index is 737. The van der Waals surface area contributed by atoms with Crippen molar-refractivity contribution in [3.8, 4) is 0 Å². The molecule has 5 atom stereocenters. The number of hydrogen-bond acceptors (Lipinski definition) is 7. The summed E-state index contributed by atoms with van der Waals surface area (Å²) in [6.07, 6.45) is -8.23. The number of fused-ring (bicyclic) bond motifs is 1. The molecule has 2 aromatic rings. The number of aliphatic hydroxyl groups excluding tert-OH is 3. The van der Waals surface area contributed by atoms with Crippen LogP contribution in [0.2, 0.25) is 0 Å². The lowest BCUT2D eigenvalue weighted by atomic mass is 9.99. The number of hydrogen-bond donors (Lipinski definition) is 5. The summed E-state index contributed by atoms with van der Waals surface area (Å²) in [6.45, 7) is 0. The Kier molecular flexibility index (Phi) is 4.65. The molecule has 8 heteroatoms. The van der Waals surface area contributed by atoms with E-state index >= 15 is 0 Å². The van der Waals surface area contributed by atoms with Crippen LogP contribution in [0.25, 0.3) is 10.8 Å². The highest BCUT2D eigenvalue weighted by Crippen LogP contribution is 2.24. The summed E-state index contributed by atoms with van der Waals surface area (Å²) in [5.74, 6) is -1.47. The average molecular weight is 335 g/mol. The van der Waals surface area contributed by atoms with Gasteiger partial charge in [0.15, 0.2) is 6.10 Å². The van der Waals surface area contributed by atoms with Gasteiger partial charge in [0.2, 0.25) is 6.29 Å². The standard InChI is InChI=1S/C16H17NO7/c18-11-12(19)14(15(21)22)23-16(13(11)20)24-17-10-6-5-8-3-1-2-4-9(8)7-10/h1-7,11-14,16-20H,(H,21,22)/t11-,12-,13+,14-,16-/m0/s1. The number of anilines is 1. The molecule has 0 aliphatic carbocycles. The van der Waals surface area contributed by atoms with Gasteiger partial charge in [-0.25, -0.2) is 9.63 Å². The largest absolute Gasteiger partial charge is 0.479 e. The van der Waals surface area contributed by atoms with E-state index in [1.54, 1.807) is 12.1 Å². The van der Waals surface area contributed by atoms with E-state index in [9.17, 15) is 20.1 Å². The minimum Gasteiger partial charge on any atom is -0.479 e. The molecule has 1 aliphatic heterocycles. The number of carboxylic acid groups (broad SMARTS) is 1. The Labute approximate surface area is 136 Å². The van der Waals surface area contributed by atoms with E-state index in [1.165, 1.54) is 0 Å². The topological polar surface area (TPSA) is 128 Å². The van der Waals surface area contributed by atoms with Gasteiger partial charge in [0.05, 0.1) is 5.69 Å². The predicted octanol–water partition coefficient (Wildman–Crippen LogP) is 0.0755. The van der Waals surface area contributed by atoms with Crippen LogP contribution in [0.4, 0.5) is 5.69 Å². The van der Waals surface area contributed by atoms with Gasteiger partial charge in [-0.1, -0.05) is 30.3 Å². The van der Waals surface area contributed by atoms with E-state index < -0.39 is 36.7 Å². The molecule has 3 rings (SSSR count). The third kappa shape index (κ3) is 3.18. The lowest BCUT2D eigenvalue weighted by molar-refractivity contribution is -0.287. The van der Waals surface area contributed by atoms with Gasteiger partial charge in [0.25, 0.3) is 0 Å². The third-order valence-corrected chi connectivity index (χ3v) is 3.86. The van der Waals surface area contributed by atoms with Crippen LogP contribution in [0.1, 0.15) is 0 Å². The van der Waals surface area contributed by atoms with Gasteiger partial charge in [-0.2, -0.15) is 0 Å². The number of carbonyl (C=O) groups is 1.